The van der Waals surface area contributed by atoms with Gasteiger partial charge >= 0.3 is 0 Å². The molecule has 0 heteroatoms. The van der Waals surface area contributed by atoms with Crippen molar-refractivity contribution in [1.82, 2.24) is 0 Å². The lowest BCUT2D eigenvalue weighted by atomic mass is 9.68. The summed E-state index contributed by atoms with van der Waals surface area (Å²) in [6.45, 7) is 6.84. The van der Waals surface area contributed by atoms with Crippen molar-refractivity contribution in [2.45, 2.75) is 59.3 Å². The van der Waals surface area contributed by atoms with Crippen LogP contribution in [0.2, 0.25) is 0 Å². The molecule has 70 valence electrons. The number of rotatable bonds is 2. The maximum Gasteiger partial charge on any atom is -0.00936 e. The van der Waals surface area contributed by atoms with Crippen LogP contribution in [0.1, 0.15) is 59.3 Å². The van der Waals surface area contributed by atoms with Crippen LogP contribution in [0, 0.1) is 5.41 Å². The average Bonchev–Trinajstić information content (AvgIpc) is 2.17. The summed E-state index contributed by atoms with van der Waals surface area (Å²) < 4.78 is 0. The van der Waals surface area contributed by atoms with Crippen LogP contribution in [-0.2, 0) is 0 Å². The summed E-state index contributed by atoms with van der Waals surface area (Å²) in [7, 11) is 0. The highest BCUT2D eigenvalue weighted by molar-refractivity contribution is 5.11. The second kappa shape index (κ2) is 4.11. The lowest BCUT2D eigenvalue weighted by Crippen LogP contribution is -2.24. The molecule has 0 aliphatic heterocycles. The summed E-state index contributed by atoms with van der Waals surface area (Å²) in [5, 5.41) is 0. The first-order chi connectivity index (χ1) is 5.75. The Hall–Kier alpha value is -0.260. The molecule has 0 amide bonds. The summed E-state index contributed by atoms with van der Waals surface area (Å²) in [6, 6.07) is 0. The third kappa shape index (κ3) is 1.73. The lowest BCUT2D eigenvalue weighted by molar-refractivity contribution is 0.230. The highest BCUT2D eigenvalue weighted by Crippen LogP contribution is 2.44. The predicted molar refractivity (Wildman–Crippen MR) is 55.2 cm³/mol. The molecule has 0 N–H and O–H groups in total. The SMILES string of the molecule is CC=C(C)C1(CC)CCCCC1. The van der Waals surface area contributed by atoms with Crippen molar-refractivity contribution in [1.29, 1.82) is 0 Å². The molecule has 1 saturated carbocycles. The van der Waals surface area contributed by atoms with E-state index < -0.39 is 0 Å². The van der Waals surface area contributed by atoms with Crippen molar-refractivity contribution in [2.24, 2.45) is 5.41 Å². The molecular weight excluding hydrogens is 144 g/mol. The molecule has 0 aromatic heterocycles. The second-order valence-electron chi connectivity index (χ2n) is 4.17. The summed E-state index contributed by atoms with van der Waals surface area (Å²) in [4.78, 5) is 0. The third-order valence-corrected chi connectivity index (χ3v) is 3.76. The third-order valence-electron chi connectivity index (χ3n) is 3.76. The van der Waals surface area contributed by atoms with Gasteiger partial charge in [0.1, 0.15) is 0 Å². The zero-order valence-electron chi connectivity index (χ0n) is 8.82. The van der Waals surface area contributed by atoms with E-state index in [0.29, 0.717) is 5.41 Å². The highest BCUT2D eigenvalue weighted by Gasteiger charge is 2.30. The van der Waals surface area contributed by atoms with Crippen LogP contribution in [0.15, 0.2) is 11.6 Å². The maximum absolute atomic E-state index is 2.35. The van der Waals surface area contributed by atoms with Crippen LogP contribution in [0.3, 0.4) is 0 Å². The minimum atomic E-state index is 0.590. The Morgan fingerprint density at radius 1 is 1.25 bits per heavy atom. The van der Waals surface area contributed by atoms with E-state index in [1.54, 1.807) is 5.57 Å². The molecule has 0 aromatic rings. The Labute approximate surface area is 77.1 Å². The van der Waals surface area contributed by atoms with Crippen molar-refractivity contribution in [3.8, 4) is 0 Å². The fourth-order valence-electron chi connectivity index (χ4n) is 2.56. The maximum atomic E-state index is 2.35. The molecule has 1 aliphatic rings. The van der Waals surface area contributed by atoms with E-state index in [4.69, 9.17) is 0 Å². The standard InChI is InChI=1S/C12H22/c1-4-11(3)12(5-2)9-7-6-8-10-12/h4H,5-10H2,1-3H3. The van der Waals surface area contributed by atoms with Gasteiger partial charge in [0.05, 0.1) is 0 Å². The lowest BCUT2D eigenvalue weighted by Gasteiger charge is -2.37. The normalized spacial score (nSPS) is 24.1. The van der Waals surface area contributed by atoms with Crippen molar-refractivity contribution in [3.05, 3.63) is 11.6 Å². The monoisotopic (exact) mass is 166 g/mol. The van der Waals surface area contributed by atoms with Gasteiger partial charge in [-0.1, -0.05) is 37.8 Å². The molecule has 0 unspecified atom stereocenters. The Bertz CT molecular complexity index is 159. The average molecular weight is 166 g/mol. The Balaban J connectivity index is 2.73. The van der Waals surface area contributed by atoms with E-state index in [9.17, 15) is 0 Å². The molecule has 0 bridgehead atoms. The summed E-state index contributed by atoms with van der Waals surface area (Å²) in [5.41, 5.74) is 2.22. The van der Waals surface area contributed by atoms with Gasteiger partial charge in [0.2, 0.25) is 0 Å². The van der Waals surface area contributed by atoms with Gasteiger partial charge in [0.15, 0.2) is 0 Å². The molecule has 0 heterocycles. The Morgan fingerprint density at radius 3 is 2.25 bits per heavy atom. The number of hydrogen-bond donors (Lipinski definition) is 0. The smallest absolute Gasteiger partial charge is 0.00936 e. The topological polar surface area (TPSA) is 0 Å². The van der Waals surface area contributed by atoms with E-state index in [1.165, 1.54) is 38.5 Å². The van der Waals surface area contributed by atoms with E-state index in [0.717, 1.165) is 0 Å². The van der Waals surface area contributed by atoms with E-state index in [-0.39, 0.29) is 0 Å². The molecule has 12 heavy (non-hydrogen) atoms. The highest BCUT2D eigenvalue weighted by atomic mass is 14.4. The van der Waals surface area contributed by atoms with E-state index in [1.807, 2.05) is 0 Å². The van der Waals surface area contributed by atoms with Gasteiger partial charge in [-0.25, -0.2) is 0 Å². The van der Waals surface area contributed by atoms with Gasteiger partial charge in [0.25, 0.3) is 0 Å². The van der Waals surface area contributed by atoms with Crippen molar-refractivity contribution in [2.75, 3.05) is 0 Å². The van der Waals surface area contributed by atoms with Crippen LogP contribution in [-0.4, -0.2) is 0 Å². The molecular formula is C12H22. The summed E-state index contributed by atoms with van der Waals surface area (Å²) in [6.07, 6.45) is 10.9. The van der Waals surface area contributed by atoms with Gasteiger partial charge in [-0.2, -0.15) is 0 Å². The molecule has 0 atom stereocenters. The molecule has 0 nitrogen and oxygen atoms in total. The van der Waals surface area contributed by atoms with Crippen LogP contribution in [0.5, 0.6) is 0 Å². The second-order valence-corrected chi connectivity index (χ2v) is 4.17. The Morgan fingerprint density at radius 2 is 1.83 bits per heavy atom. The number of allylic oxidation sites excluding steroid dienone is 2. The Kier molecular flexibility index (Phi) is 3.37. The van der Waals surface area contributed by atoms with Gasteiger partial charge in [-0.05, 0) is 38.5 Å². The molecule has 0 spiro atoms. The van der Waals surface area contributed by atoms with Crippen molar-refractivity contribution >= 4 is 0 Å². The van der Waals surface area contributed by atoms with Crippen molar-refractivity contribution < 1.29 is 0 Å². The van der Waals surface area contributed by atoms with Gasteiger partial charge in [-0.15, -0.1) is 0 Å². The fourth-order valence-corrected chi connectivity index (χ4v) is 2.56. The van der Waals surface area contributed by atoms with Crippen LogP contribution >= 0.6 is 0 Å². The minimum Gasteiger partial charge on any atom is -0.0882 e. The first-order valence-corrected chi connectivity index (χ1v) is 5.38. The van der Waals surface area contributed by atoms with Crippen LogP contribution in [0.4, 0.5) is 0 Å². The van der Waals surface area contributed by atoms with Crippen LogP contribution in [0.25, 0.3) is 0 Å². The molecule has 1 aliphatic carbocycles. The predicted octanol–water partition coefficient (Wildman–Crippen LogP) is 4.31. The molecule has 0 radical (unpaired) electrons. The van der Waals surface area contributed by atoms with Crippen LogP contribution < -0.4 is 0 Å². The summed E-state index contributed by atoms with van der Waals surface area (Å²) in [5.74, 6) is 0. The largest absolute Gasteiger partial charge is 0.0882 e. The first kappa shape index (κ1) is 9.83. The van der Waals surface area contributed by atoms with E-state index in [2.05, 4.69) is 26.8 Å². The first-order valence-electron chi connectivity index (χ1n) is 5.38. The van der Waals surface area contributed by atoms with Gasteiger partial charge < -0.3 is 0 Å². The molecule has 1 fully saturated rings. The van der Waals surface area contributed by atoms with Crippen molar-refractivity contribution in [3.63, 3.8) is 0 Å². The molecule has 1 rings (SSSR count). The quantitative estimate of drug-likeness (QED) is 0.536. The minimum absolute atomic E-state index is 0.590. The fraction of sp³-hybridized carbons (Fsp3) is 0.833. The number of hydrogen-bond acceptors (Lipinski definition) is 0. The summed E-state index contributed by atoms with van der Waals surface area (Å²) >= 11 is 0. The van der Waals surface area contributed by atoms with E-state index >= 15 is 0 Å². The zero-order chi connectivity index (χ0) is 9.03. The van der Waals surface area contributed by atoms with Gasteiger partial charge in [-0.3, -0.25) is 0 Å². The zero-order valence-corrected chi connectivity index (χ0v) is 8.82. The molecule has 0 aromatic carbocycles. The van der Waals surface area contributed by atoms with Gasteiger partial charge in [0, 0.05) is 0 Å². The molecule has 0 saturated heterocycles.